The van der Waals surface area contributed by atoms with Crippen molar-refractivity contribution in [1.29, 1.82) is 0 Å². The second-order valence-corrected chi connectivity index (χ2v) is 7.70. The second kappa shape index (κ2) is 8.27. The Morgan fingerprint density at radius 3 is 2.87 bits per heavy atom. The number of nitrogens with one attached hydrogen (secondary N) is 1. The normalized spacial score (nSPS) is 19.7. The molecule has 4 rings (SSSR count). The van der Waals surface area contributed by atoms with Crippen LogP contribution in [0.5, 0.6) is 0 Å². The average molecular weight is 411 g/mol. The van der Waals surface area contributed by atoms with Crippen molar-refractivity contribution >= 4 is 17.7 Å². The molecule has 0 spiro atoms. The van der Waals surface area contributed by atoms with E-state index in [2.05, 4.69) is 10.5 Å². The highest BCUT2D eigenvalue weighted by atomic mass is 16.5. The highest BCUT2D eigenvalue weighted by Gasteiger charge is 2.38. The number of hydrogen-bond donors (Lipinski definition) is 2. The minimum Gasteiger partial charge on any atom is -0.363 e. The monoisotopic (exact) mass is 411 g/mol. The zero-order valence-electron chi connectivity index (χ0n) is 16.8. The lowest BCUT2D eigenvalue weighted by atomic mass is 9.96. The number of aromatic nitrogens is 1. The van der Waals surface area contributed by atoms with E-state index in [9.17, 15) is 14.4 Å². The van der Waals surface area contributed by atoms with Crippen LogP contribution in [0.2, 0.25) is 0 Å². The number of nitrogens with two attached hydrogens (primary N) is 1. The Labute approximate surface area is 174 Å². The van der Waals surface area contributed by atoms with Gasteiger partial charge in [0.1, 0.15) is 6.04 Å². The van der Waals surface area contributed by atoms with E-state index in [0.29, 0.717) is 25.2 Å². The van der Waals surface area contributed by atoms with Crippen molar-refractivity contribution < 1.29 is 18.9 Å². The van der Waals surface area contributed by atoms with Gasteiger partial charge in [-0.15, -0.1) is 0 Å². The number of rotatable bonds is 6. The molecule has 1 aromatic carbocycles. The molecule has 2 aliphatic rings. The minimum absolute atomic E-state index is 0.0396. The van der Waals surface area contributed by atoms with Crippen LogP contribution in [-0.2, 0) is 22.6 Å². The highest BCUT2D eigenvalue weighted by molar-refractivity contribution is 5.91. The van der Waals surface area contributed by atoms with Gasteiger partial charge in [-0.2, -0.15) is 0 Å². The van der Waals surface area contributed by atoms with Crippen LogP contribution in [-0.4, -0.2) is 46.0 Å². The summed E-state index contributed by atoms with van der Waals surface area (Å²) in [6.45, 7) is 4.03. The molecule has 0 radical (unpaired) electrons. The standard InChI is InChI=1S/C21H25N5O4/c1-2-13(10-15-11-17(19(22)27)30-24-15)20(28)23-18-16-7-4-3-6-14(16)12-25-8-5-9-26(25)21(18)29/h3-4,6-7,11,13,18H,2,5,8-10,12H2,1H3,(H2,22,27)(H,23,28)/t13-,18+/m1/s1. The van der Waals surface area contributed by atoms with E-state index < -0.39 is 17.9 Å². The molecular weight excluding hydrogens is 386 g/mol. The zero-order chi connectivity index (χ0) is 21.3. The first-order valence-electron chi connectivity index (χ1n) is 10.2. The molecule has 1 fully saturated rings. The van der Waals surface area contributed by atoms with Gasteiger partial charge < -0.3 is 15.6 Å². The number of primary amides is 1. The number of hydrazine groups is 1. The van der Waals surface area contributed by atoms with Crippen molar-refractivity contribution in [1.82, 2.24) is 20.5 Å². The summed E-state index contributed by atoms with van der Waals surface area (Å²) in [5.41, 5.74) is 7.54. The largest absolute Gasteiger partial charge is 0.363 e. The van der Waals surface area contributed by atoms with E-state index in [0.717, 1.165) is 24.1 Å². The van der Waals surface area contributed by atoms with Crippen LogP contribution in [0, 0.1) is 5.92 Å². The van der Waals surface area contributed by atoms with Crippen LogP contribution >= 0.6 is 0 Å². The quantitative estimate of drug-likeness (QED) is 0.736. The summed E-state index contributed by atoms with van der Waals surface area (Å²) < 4.78 is 4.91. The van der Waals surface area contributed by atoms with Crippen molar-refractivity contribution in [2.75, 3.05) is 13.1 Å². The summed E-state index contributed by atoms with van der Waals surface area (Å²) in [7, 11) is 0. The van der Waals surface area contributed by atoms with Crippen LogP contribution in [0.3, 0.4) is 0 Å². The molecule has 3 heterocycles. The van der Waals surface area contributed by atoms with Crippen molar-refractivity contribution in [2.45, 2.75) is 38.8 Å². The molecule has 9 nitrogen and oxygen atoms in total. The molecule has 1 saturated heterocycles. The Morgan fingerprint density at radius 2 is 2.13 bits per heavy atom. The number of fused-ring (bicyclic) bond motifs is 2. The Bertz CT molecular complexity index is 972. The van der Waals surface area contributed by atoms with Gasteiger partial charge in [0.05, 0.1) is 5.69 Å². The summed E-state index contributed by atoms with van der Waals surface area (Å²) in [4.78, 5) is 37.6. The second-order valence-electron chi connectivity index (χ2n) is 7.70. The first kappa shape index (κ1) is 20.1. The fourth-order valence-electron chi connectivity index (χ4n) is 4.12. The maximum absolute atomic E-state index is 13.3. The summed E-state index contributed by atoms with van der Waals surface area (Å²) in [5.74, 6) is -1.52. The third kappa shape index (κ3) is 3.80. The van der Waals surface area contributed by atoms with E-state index in [1.165, 1.54) is 6.07 Å². The van der Waals surface area contributed by atoms with Gasteiger partial charge >= 0.3 is 0 Å². The average Bonchev–Trinajstić information content (AvgIpc) is 3.38. The summed E-state index contributed by atoms with van der Waals surface area (Å²) in [6.07, 6.45) is 1.75. The van der Waals surface area contributed by atoms with Gasteiger partial charge in [0.2, 0.25) is 11.7 Å². The van der Waals surface area contributed by atoms with Gasteiger partial charge in [0, 0.05) is 38.0 Å². The van der Waals surface area contributed by atoms with E-state index in [4.69, 9.17) is 10.3 Å². The Hall–Kier alpha value is -3.20. The summed E-state index contributed by atoms with van der Waals surface area (Å²) >= 11 is 0. The van der Waals surface area contributed by atoms with Crippen molar-refractivity contribution in [3.05, 3.63) is 52.9 Å². The van der Waals surface area contributed by atoms with Crippen LogP contribution in [0.4, 0.5) is 0 Å². The van der Waals surface area contributed by atoms with Crippen LogP contribution < -0.4 is 11.1 Å². The first-order chi connectivity index (χ1) is 14.5. The molecule has 30 heavy (non-hydrogen) atoms. The van der Waals surface area contributed by atoms with Gasteiger partial charge in [-0.05, 0) is 24.0 Å². The molecule has 2 aromatic rings. The molecule has 0 aliphatic carbocycles. The van der Waals surface area contributed by atoms with Gasteiger partial charge in [-0.1, -0.05) is 36.3 Å². The number of benzene rings is 1. The predicted octanol–water partition coefficient (Wildman–Crippen LogP) is 1.16. The van der Waals surface area contributed by atoms with Crippen LogP contribution in [0.1, 0.15) is 53.2 Å². The lowest BCUT2D eigenvalue weighted by molar-refractivity contribution is -0.148. The molecule has 158 valence electrons. The summed E-state index contributed by atoms with van der Waals surface area (Å²) in [6, 6.07) is 8.45. The minimum atomic E-state index is -0.732. The Balaban J connectivity index is 1.55. The number of carbonyl (C=O) groups is 3. The summed E-state index contributed by atoms with van der Waals surface area (Å²) in [5, 5.41) is 10.6. The molecule has 0 saturated carbocycles. The van der Waals surface area contributed by atoms with E-state index in [1.54, 1.807) is 5.01 Å². The number of hydrogen-bond acceptors (Lipinski definition) is 6. The van der Waals surface area contributed by atoms with Gasteiger partial charge in [-0.25, -0.2) is 5.01 Å². The van der Waals surface area contributed by atoms with E-state index in [1.807, 2.05) is 36.2 Å². The predicted molar refractivity (Wildman–Crippen MR) is 107 cm³/mol. The third-order valence-electron chi connectivity index (χ3n) is 5.76. The number of nitrogens with zero attached hydrogens (tertiary/aromatic N) is 3. The Morgan fingerprint density at radius 1 is 1.33 bits per heavy atom. The lowest BCUT2D eigenvalue weighted by Gasteiger charge is -2.28. The highest BCUT2D eigenvalue weighted by Crippen LogP contribution is 2.30. The van der Waals surface area contributed by atoms with E-state index in [-0.39, 0.29) is 24.0 Å². The fraction of sp³-hybridized carbons (Fsp3) is 0.429. The molecule has 9 heteroatoms. The number of carbonyl (C=O) groups excluding carboxylic acids is 3. The molecule has 2 aliphatic heterocycles. The fourth-order valence-corrected chi connectivity index (χ4v) is 4.12. The zero-order valence-corrected chi connectivity index (χ0v) is 16.8. The molecule has 0 bridgehead atoms. The van der Waals surface area contributed by atoms with Crippen molar-refractivity contribution in [3.63, 3.8) is 0 Å². The molecule has 1 aromatic heterocycles. The lowest BCUT2D eigenvalue weighted by Crippen LogP contribution is -2.46. The van der Waals surface area contributed by atoms with Gasteiger partial charge in [0.15, 0.2) is 0 Å². The SMILES string of the molecule is CC[C@H](Cc1cc(C(N)=O)on1)C(=O)N[C@@H]1C(=O)N2CCCN2Cc2ccccc21. The molecular formula is C21H25N5O4. The van der Waals surface area contributed by atoms with E-state index >= 15 is 0 Å². The van der Waals surface area contributed by atoms with Crippen molar-refractivity contribution in [3.8, 4) is 0 Å². The first-order valence-corrected chi connectivity index (χ1v) is 10.2. The maximum Gasteiger partial charge on any atom is 0.287 e. The van der Waals surface area contributed by atoms with Crippen LogP contribution in [0.25, 0.3) is 0 Å². The van der Waals surface area contributed by atoms with Crippen LogP contribution in [0.15, 0.2) is 34.9 Å². The van der Waals surface area contributed by atoms with Gasteiger partial charge in [-0.3, -0.25) is 19.4 Å². The smallest absolute Gasteiger partial charge is 0.287 e. The third-order valence-corrected chi connectivity index (χ3v) is 5.76. The Kier molecular flexibility index (Phi) is 5.54. The molecule has 2 atom stereocenters. The maximum atomic E-state index is 13.3. The molecule has 3 amide bonds. The van der Waals surface area contributed by atoms with Crippen molar-refractivity contribution in [2.24, 2.45) is 11.7 Å². The molecule has 0 unspecified atom stereocenters. The topological polar surface area (TPSA) is 122 Å². The van der Waals surface area contributed by atoms with Gasteiger partial charge in [0.25, 0.3) is 11.8 Å². The molecule has 3 N–H and O–H groups in total. The number of amides is 3.